The van der Waals surface area contributed by atoms with Crippen molar-refractivity contribution in [1.29, 1.82) is 0 Å². The molecule has 100 valence electrons. The van der Waals surface area contributed by atoms with Gasteiger partial charge in [-0.25, -0.2) is 4.39 Å². The van der Waals surface area contributed by atoms with Crippen LogP contribution in [0.1, 0.15) is 43.6 Å². The van der Waals surface area contributed by atoms with Crippen molar-refractivity contribution >= 4 is 5.78 Å². The van der Waals surface area contributed by atoms with Gasteiger partial charge in [-0.05, 0) is 46.0 Å². The van der Waals surface area contributed by atoms with Crippen LogP contribution in [-0.2, 0) is 0 Å². The predicted molar refractivity (Wildman–Crippen MR) is 72.5 cm³/mol. The van der Waals surface area contributed by atoms with Gasteiger partial charge in [0.25, 0.3) is 0 Å². The molecule has 0 atom stereocenters. The van der Waals surface area contributed by atoms with E-state index in [2.05, 4.69) is 0 Å². The highest BCUT2D eigenvalue weighted by molar-refractivity contribution is 6.03. The second kappa shape index (κ2) is 5.61. The van der Waals surface area contributed by atoms with Crippen molar-refractivity contribution in [1.82, 2.24) is 4.90 Å². The van der Waals surface area contributed by atoms with E-state index >= 15 is 0 Å². The average Bonchev–Trinajstić information content (AvgIpc) is 2.32. The summed E-state index contributed by atoms with van der Waals surface area (Å²) in [5.41, 5.74) is 0.403. The molecule has 0 radical (unpaired) electrons. The van der Waals surface area contributed by atoms with Crippen LogP contribution in [0.4, 0.5) is 4.39 Å². The highest BCUT2D eigenvalue weighted by atomic mass is 19.1. The molecule has 0 aliphatic rings. The summed E-state index contributed by atoms with van der Waals surface area (Å²) in [7, 11) is 0. The zero-order valence-electron chi connectivity index (χ0n) is 11.9. The van der Waals surface area contributed by atoms with E-state index in [0.29, 0.717) is 0 Å². The monoisotopic (exact) mass is 251 g/mol. The summed E-state index contributed by atoms with van der Waals surface area (Å²) in [6, 6.07) is 4.67. The number of benzene rings is 1. The van der Waals surface area contributed by atoms with Gasteiger partial charge in [-0.2, -0.15) is 0 Å². The van der Waals surface area contributed by atoms with Crippen molar-refractivity contribution in [2.45, 2.75) is 40.2 Å². The van der Waals surface area contributed by atoms with E-state index in [-0.39, 0.29) is 11.3 Å². The van der Waals surface area contributed by atoms with Crippen molar-refractivity contribution in [3.05, 3.63) is 35.1 Å². The summed E-state index contributed by atoms with van der Waals surface area (Å²) in [6.07, 6.45) is 0. The lowest BCUT2D eigenvalue weighted by atomic mass is 9.90. The van der Waals surface area contributed by atoms with Crippen LogP contribution in [0.15, 0.2) is 18.2 Å². The normalized spacial score (nSPS) is 11.9. The lowest BCUT2D eigenvalue weighted by Gasteiger charge is -2.35. The van der Waals surface area contributed by atoms with Gasteiger partial charge in [0.2, 0.25) is 0 Å². The van der Waals surface area contributed by atoms with E-state index < -0.39 is 11.4 Å². The minimum absolute atomic E-state index is 0.160. The zero-order valence-corrected chi connectivity index (χ0v) is 11.9. The summed E-state index contributed by atoms with van der Waals surface area (Å²) >= 11 is 0. The quantitative estimate of drug-likeness (QED) is 0.747. The van der Waals surface area contributed by atoms with E-state index in [1.165, 1.54) is 6.07 Å². The van der Waals surface area contributed by atoms with Gasteiger partial charge >= 0.3 is 0 Å². The fraction of sp³-hybridized carbons (Fsp3) is 0.533. The molecule has 0 amide bonds. The average molecular weight is 251 g/mol. The van der Waals surface area contributed by atoms with Crippen molar-refractivity contribution < 1.29 is 9.18 Å². The molecule has 2 nitrogen and oxygen atoms in total. The maximum atomic E-state index is 13.8. The SMILES string of the molecule is CCN(CC)C(C)(C)C(=O)c1cc(C)ccc1F. The minimum Gasteiger partial charge on any atom is -0.292 e. The van der Waals surface area contributed by atoms with Crippen LogP contribution in [-0.4, -0.2) is 29.3 Å². The van der Waals surface area contributed by atoms with Crippen LogP contribution in [0.2, 0.25) is 0 Å². The summed E-state index contributed by atoms with van der Waals surface area (Å²) in [4.78, 5) is 14.6. The van der Waals surface area contributed by atoms with Gasteiger partial charge in [0.1, 0.15) is 5.82 Å². The van der Waals surface area contributed by atoms with Crippen LogP contribution >= 0.6 is 0 Å². The smallest absolute Gasteiger partial charge is 0.185 e. The first-order chi connectivity index (χ1) is 8.34. The predicted octanol–water partition coefficient (Wildman–Crippen LogP) is 3.44. The molecule has 1 aromatic carbocycles. The number of carbonyl (C=O) groups is 1. The molecule has 0 unspecified atom stereocenters. The number of hydrogen-bond donors (Lipinski definition) is 0. The number of Topliss-reactive ketones (excluding diaryl/α,β-unsaturated/α-hetero) is 1. The van der Waals surface area contributed by atoms with Crippen molar-refractivity contribution in [2.75, 3.05) is 13.1 Å². The van der Waals surface area contributed by atoms with E-state index in [4.69, 9.17) is 0 Å². The summed E-state index contributed by atoms with van der Waals surface area (Å²) < 4.78 is 13.8. The number of ketones is 1. The summed E-state index contributed by atoms with van der Waals surface area (Å²) in [5.74, 6) is -0.599. The van der Waals surface area contributed by atoms with Gasteiger partial charge in [0.15, 0.2) is 5.78 Å². The van der Waals surface area contributed by atoms with Crippen molar-refractivity contribution in [2.24, 2.45) is 0 Å². The molecule has 0 heterocycles. The van der Waals surface area contributed by atoms with Gasteiger partial charge in [-0.3, -0.25) is 9.69 Å². The van der Waals surface area contributed by atoms with E-state index in [1.807, 2.05) is 39.5 Å². The van der Waals surface area contributed by atoms with Crippen LogP contribution in [0.5, 0.6) is 0 Å². The number of likely N-dealkylation sites (N-methyl/N-ethyl adjacent to an activating group) is 1. The molecule has 0 aliphatic heterocycles. The van der Waals surface area contributed by atoms with Gasteiger partial charge < -0.3 is 0 Å². The molecule has 0 spiro atoms. The Labute approximate surface area is 109 Å². The van der Waals surface area contributed by atoms with Crippen LogP contribution in [0, 0.1) is 12.7 Å². The standard InChI is InChI=1S/C15H22FNO/c1-6-17(7-2)15(4,5)14(18)12-10-11(3)8-9-13(12)16/h8-10H,6-7H2,1-5H3. The summed E-state index contributed by atoms with van der Waals surface area (Å²) in [6.45, 7) is 11.1. The number of halogens is 1. The molecular formula is C15H22FNO. The number of nitrogens with zero attached hydrogens (tertiary/aromatic N) is 1. The molecule has 18 heavy (non-hydrogen) atoms. The number of hydrogen-bond acceptors (Lipinski definition) is 2. The van der Waals surface area contributed by atoms with Crippen LogP contribution < -0.4 is 0 Å². The first-order valence-electron chi connectivity index (χ1n) is 6.40. The van der Waals surface area contributed by atoms with Crippen LogP contribution in [0.25, 0.3) is 0 Å². The van der Waals surface area contributed by atoms with E-state index in [1.54, 1.807) is 12.1 Å². The van der Waals surface area contributed by atoms with E-state index in [9.17, 15) is 9.18 Å². The molecule has 0 saturated carbocycles. The molecular weight excluding hydrogens is 229 g/mol. The Bertz CT molecular complexity index is 436. The number of aryl methyl sites for hydroxylation is 1. The Morgan fingerprint density at radius 3 is 2.33 bits per heavy atom. The Hall–Kier alpha value is -1.22. The molecule has 3 heteroatoms. The third-order valence-corrected chi connectivity index (χ3v) is 3.48. The highest BCUT2D eigenvalue weighted by Gasteiger charge is 2.34. The van der Waals surface area contributed by atoms with Crippen molar-refractivity contribution in [3.63, 3.8) is 0 Å². The minimum atomic E-state index is -0.682. The Balaban J connectivity index is 3.16. The molecule has 0 fully saturated rings. The maximum absolute atomic E-state index is 13.8. The Morgan fingerprint density at radius 2 is 1.83 bits per heavy atom. The first-order valence-corrected chi connectivity index (χ1v) is 6.40. The zero-order chi connectivity index (χ0) is 13.9. The fourth-order valence-corrected chi connectivity index (χ4v) is 2.30. The maximum Gasteiger partial charge on any atom is 0.185 e. The molecule has 1 aromatic rings. The largest absolute Gasteiger partial charge is 0.292 e. The van der Waals surface area contributed by atoms with Gasteiger partial charge in [0, 0.05) is 0 Å². The number of rotatable bonds is 5. The summed E-state index contributed by atoms with van der Waals surface area (Å²) in [5, 5.41) is 0. The van der Waals surface area contributed by atoms with Crippen LogP contribution in [0.3, 0.4) is 0 Å². The first kappa shape index (κ1) is 14.8. The second-order valence-electron chi connectivity index (χ2n) is 5.04. The van der Waals surface area contributed by atoms with Gasteiger partial charge in [-0.15, -0.1) is 0 Å². The lowest BCUT2D eigenvalue weighted by Crippen LogP contribution is -2.50. The third-order valence-electron chi connectivity index (χ3n) is 3.48. The van der Waals surface area contributed by atoms with E-state index in [0.717, 1.165) is 18.7 Å². The molecule has 0 bridgehead atoms. The van der Waals surface area contributed by atoms with Gasteiger partial charge in [-0.1, -0.05) is 25.5 Å². The topological polar surface area (TPSA) is 20.3 Å². The fourth-order valence-electron chi connectivity index (χ4n) is 2.30. The third kappa shape index (κ3) is 2.78. The molecule has 0 aromatic heterocycles. The molecule has 0 saturated heterocycles. The molecule has 1 rings (SSSR count). The Morgan fingerprint density at radius 1 is 1.28 bits per heavy atom. The van der Waals surface area contributed by atoms with Gasteiger partial charge in [0.05, 0.1) is 11.1 Å². The Kier molecular flexibility index (Phi) is 4.63. The second-order valence-corrected chi connectivity index (χ2v) is 5.04. The number of carbonyl (C=O) groups excluding carboxylic acids is 1. The lowest BCUT2D eigenvalue weighted by molar-refractivity contribution is 0.0664. The van der Waals surface area contributed by atoms with Crippen molar-refractivity contribution in [3.8, 4) is 0 Å². The highest BCUT2D eigenvalue weighted by Crippen LogP contribution is 2.22. The molecule has 0 N–H and O–H groups in total. The molecule has 0 aliphatic carbocycles.